The summed E-state index contributed by atoms with van der Waals surface area (Å²) in [5.74, 6) is 0.760. The number of likely N-dealkylation sites (tertiary alicyclic amines) is 1. The smallest absolute Gasteiger partial charge is 0.310 e. The van der Waals surface area contributed by atoms with Crippen molar-refractivity contribution in [3.05, 3.63) is 18.5 Å². The van der Waals surface area contributed by atoms with Crippen LogP contribution in [0.5, 0.6) is 0 Å². The topological polar surface area (TPSA) is 71.8 Å². The summed E-state index contributed by atoms with van der Waals surface area (Å²) in [6.07, 6.45) is 6.57. The summed E-state index contributed by atoms with van der Waals surface area (Å²) >= 11 is 0. The number of ether oxygens (including phenoxy) is 1. The lowest BCUT2D eigenvalue weighted by Gasteiger charge is -2.34. The number of aryl methyl sites for hydroxylation is 1. The molecule has 1 unspecified atom stereocenters. The van der Waals surface area contributed by atoms with E-state index in [9.17, 15) is 4.79 Å². The van der Waals surface area contributed by atoms with Gasteiger partial charge >= 0.3 is 5.97 Å². The van der Waals surface area contributed by atoms with E-state index in [1.54, 1.807) is 6.20 Å². The predicted molar refractivity (Wildman–Crippen MR) is 109 cm³/mol. The van der Waals surface area contributed by atoms with Crippen LogP contribution in [-0.2, 0) is 16.1 Å². The zero-order chi connectivity index (χ0) is 17.2. The van der Waals surface area contributed by atoms with Crippen molar-refractivity contribution in [2.45, 2.75) is 39.7 Å². The number of esters is 1. The molecule has 0 spiro atoms. The Hall–Kier alpha value is -1.32. The monoisotopic (exact) mass is 463 g/mol. The lowest BCUT2D eigenvalue weighted by atomic mass is 9.98. The average Bonchev–Trinajstić information content (AvgIpc) is 3.11. The first kappa shape index (κ1) is 21.7. The van der Waals surface area contributed by atoms with Gasteiger partial charge in [0.15, 0.2) is 5.96 Å². The van der Waals surface area contributed by atoms with Gasteiger partial charge in [0.1, 0.15) is 0 Å². The van der Waals surface area contributed by atoms with Gasteiger partial charge in [0.05, 0.1) is 12.5 Å². The van der Waals surface area contributed by atoms with Crippen LogP contribution >= 0.6 is 24.0 Å². The highest BCUT2D eigenvalue weighted by Gasteiger charge is 2.28. The molecule has 0 aliphatic carbocycles. The minimum absolute atomic E-state index is 0. The first-order valence-corrected chi connectivity index (χ1v) is 8.92. The molecular formula is C17H30IN5O2. The molecule has 7 nitrogen and oxygen atoms in total. The molecule has 2 rings (SSSR count). The van der Waals surface area contributed by atoms with Crippen molar-refractivity contribution in [2.24, 2.45) is 10.9 Å². The molecule has 1 N–H and O–H groups in total. The fourth-order valence-electron chi connectivity index (χ4n) is 2.90. The standard InChI is InChI=1S/C17H29N5O2.HI/c1-3-18-17(19-9-6-12-22-13-7-10-20-22)21-11-5-8-15(14-21)16(23)24-4-2;/h7,10,13,15H,3-6,8-9,11-12,14H2,1-2H3,(H,18,19);1H. The van der Waals surface area contributed by atoms with E-state index in [1.165, 1.54) is 0 Å². The zero-order valence-electron chi connectivity index (χ0n) is 15.2. The number of aliphatic imine (C=N–C) groups is 1. The van der Waals surface area contributed by atoms with Crippen LogP contribution in [0.4, 0.5) is 0 Å². The Bertz CT molecular complexity index is 521. The summed E-state index contributed by atoms with van der Waals surface area (Å²) in [7, 11) is 0. The maximum Gasteiger partial charge on any atom is 0.310 e. The van der Waals surface area contributed by atoms with Gasteiger partial charge in [-0.3, -0.25) is 14.5 Å². The number of carbonyl (C=O) groups excluding carboxylic acids is 1. The second kappa shape index (κ2) is 12.1. The van der Waals surface area contributed by atoms with E-state index in [0.717, 1.165) is 51.4 Å². The molecule has 0 aromatic carbocycles. The van der Waals surface area contributed by atoms with Gasteiger partial charge in [0.25, 0.3) is 0 Å². The van der Waals surface area contributed by atoms with Crippen LogP contribution in [0.1, 0.15) is 33.1 Å². The van der Waals surface area contributed by atoms with Crippen LogP contribution in [-0.4, -0.2) is 59.4 Å². The number of carbonyl (C=O) groups is 1. The number of guanidine groups is 1. The Morgan fingerprint density at radius 1 is 1.44 bits per heavy atom. The van der Waals surface area contributed by atoms with Gasteiger partial charge in [0.2, 0.25) is 0 Å². The van der Waals surface area contributed by atoms with Gasteiger partial charge < -0.3 is 15.0 Å². The maximum atomic E-state index is 12.0. The summed E-state index contributed by atoms with van der Waals surface area (Å²) in [6, 6.07) is 1.93. The van der Waals surface area contributed by atoms with Gasteiger partial charge in [-0.2, -0.15) is 5.10 Å². The maximum absolute atomic E-state index is 12.0. The van der Waals surface area contributed by atoms with Crippen molar-refractivity contribution in [1.82, 2.24) is 20.0 Å². The number of aromatic nitrogens is 2. The first-order valence-electron chi connectivity index (χ1n) is 8.92. The molecule has 0 bridgehead atoms. The van der Waals surface area contributed by atoms with Crippen LogP contribution in [0.15, 0.2) is 23.5 Å². The molecule has 1 fully saturated rings. The summed E-state index contributed by atoms with van der Waals surface area (Å²) < 4.78 is 7.09. The van der Waals surface area contributed by atoms with Gasteiger partial charge in [-0.05, 0) is 39.2 Å². The molecule has 8 heteroatoms. The van der Waals surface area contributed by atoms with Crippen molar-refractivity contribution >= 4 is 35.9 Å². The summed E-state index contributed by atoms with van der Waals surface area (Å²) in [5.41, 5.74) is 0. The molecule has 1 aliphatic heterocycles. The number of nitrogens with one attached hydrogen (secondary N) is 1. The fourth-order valence-corrected chi connectivity index (χ4v) is 2.90. The quantitative estimate of drug-likeness (QED) is 0.221. The van der Waals surface area contributed by atoms with Crippen molar-refractivity contribution in [1.29, 1.82) is 0 Å². The molecule has 1 aromatic heterocycles. The zero-order valence-corrected chi connectivity index (χ0v) is 17.5. The Balaban J connectivity index is 0.00000312. The molecule has 2 heterocycles. The van der Waals surface area contributed by atoms with Gasteiger partial charge in [-0.25, -0.2) is 0 Å². The van der Waals surface area contributed by atoms with E-state index in [1.807, 2.05) is 23.9 Å². The van der Waals surface area contributed by atoms with E-state index < -0.39 is 0 Å². The number of piperidine rings is 1. The van der Waals surface area contributed by atoms with Crippen molar-refractivity contribution in [2.75, 3.05) is 32.8 Å². The Kier molecular flexibility index (Phi) is 10.5. The van der Waals surface area contributed by atoms with Crippen LogP contribution in [0.3, 0.4) is 0 Å². The van der Waals surface area contributed by atoms with Gasteiger partial charge in [0, 0.05) is 45.1 Å². The van der Waals surface area contributed by atoms with Crippen LogP contribution < -0.4 is 5.32 Å². The normalized spacial score (nSPS) is 17.8. The molecular weight excluding hydrogens is 433 g/mol. The van der Waals surface area contributed by atoms with Gasteiger partial charge in [-0.15, -0.1) is 24.0 Å². The second-order valence-corrected chi connectivity index (χ2v) is 5.90. The average molecular weight is 463 g/mol. The van der Waals surface area contributed by atoms with Crippen LogP contribution in [0.2, 0.25) is 0 Å². The summed E-state index contributed by atoms with van der Waals surface area (Å²) in [4.78, 5) is 18.9. The van der Waals surface area contributed by atoms with Crippen molar-refractivity contribution < 1.29 is 9.53 Å². The highest BCUT2D eigenvalue weighted by Crippen LogP contribution is 2.18. The molecule has 25 heavy (non-hydrogen) atoms. The number of nitrogens with zero attached hydrogens (tertiary/aromatic N) is 4. The van der Waals surface area contributed by atoms with E-state index in [2.05, 4.69) is 22.2 Å². The molecule has 0 amide bonds. The van der Waals surface area contributed by atoms with Crippen LogP contribution in [0.25, 0.3) is 0 Å². The second-order valence-electron chi connectivity index (χ2n) is 5.90. The minimum atomic E-state index is -0.0864. The Morgan fingerprint density at radius 3 is 2.96 bits per heavy atom. The molecule has 1 aromatic rings. The van der Waals surface area contributed by atoms with E-state index in [-0.39, 0.29) is 35.9 Å². The highest BCUT2D eigenvalue weighted by atomic mass is 127. The lowest BCUT2D eigenvalue weighted by molar-refractivity contribution is -0.149. The number of hydrogen-bond acceptors (Lipinski definition) is 4. The number of halogens is 1. The van der Waals surface area contributed by atoms with E-state index >= 15 is 0 Å². The van der Waals surface area contributed by atoms with Crippen molar-refractivity contribution in [3.8, 4) is 0 Å². The molecule has 142 valence electrons. The molecule has 1 aliphatic rings. The van der Waals surface area contributed by atoms with Crippen LogP contribution in [0, 0.1) is 5.92 Å². The van der Waals surface area contributed by atoms with Gasteiger partial charge in [-0.1, -0.05) is 0 Å². The predicted octanol–water partition coefficient (Wildman–Crippen LogP) is 2.13. The third-order valence-electron chi connectivity index (χ3n) is 4.04. The molecule has 1 atom stereocenters. The number of hydrogen-bond donors (Lipinski definition) is 1. The largest absolute Gasteiger partial charge is 0.466 e. The third-order valence-corrected chi connectivity index (χ3v) is 4.04. The van der Waals surface area contributed by atoms with E-state index in [0.29, 0.717) is 13.2 Å². The molecule has 0 saturated carbocycles. The Morgan fingerprint density at radius 2 is 2.28 bits per heavy atom. The lowest BCUT2D eigenvalue weighted by Crippen LogP contribution is -2.48. The fraction of sp³-hybridized carbons (Fsp3) is 0.706. The molecule has 0 radical (unpaired) electrons. The number of rotatable bonds is 7. The highest BCUT2D eigenvalue weighted by molar-refractivity contribution is 14.0. The van der Waals surface area contributed by atoms with E-state index in [4.69, 9.17) is 9.73 Å². The minimum Gasteiger partial charge on any atom is -0.466 e. The Labute approximate surface area is 167 Å². The molecule has 1 saturated heterocycles. The SMILES string of the molecule is CCNC(=NCCCn1cccn1)N1CCCC(C(=O)OCC)C1.I. The summed E-state index contributed by atoms with van der Waals surface area (Å²) in [5, 5.41) is 7.54. The third kappa shape index (κ3) is 7.21. The first-order chi connectivity index (χ1) is 11.7. The van der Waals surface area contributed by atoms with Crippen molar-refractivity contribution in [3.63, 3.8) is 0 Å². The summed E-state index contributed by atoms with van der Waals surface area (Å²) in [6.45, 7) is 8.39.